The zero-order chi connectivity index (χ0) is 14.0. The summed E-state index contributed by atoms with van der Waals surface area (Å²) in [5.74, 6) is -1.03. The second-order valence-electron chi connectivity index (χ2n) is 3.52. The first-order chi connectivity index (χ1) is 8.88. The van der Waals surface area contributed by atoms with Crippen molar-refractivity contribution in [2.24, 2.45) is 0 Å². The third-order valence-corrected chi connectivity index (χ3v) is 3.98. The Morgan fingerprint density at radius 2 is 2.00 bits per heavy atom. The number of hydrogen-bond acceptors (Lipinski definition) is 6. The van der Waals surface area contributed by atoms with E-state index in [1.807, 2.05) is 12.3 Å². The van der Waals surface area contributed by atoms with Gasteiger partial charge in [0.25, 0.3) is 0 Å². The highest BCUT2D eigenvalue weighted by atomic mass is 32.2. The first-order valence-corrected chi connectivity index (χ1v) is 6.82. The maximum Gasteiger partial charge on any atom is 0.451 e. The molecule has 19 heavy (non-hydrogen) atoms. The maximum absolute atomic E-state index is 12.7. The first-order valence-electron chi connectivity index (χ1n) is 5.12. The lowest BCUT2D eigenvalue weighted by Crippen LogP contribution is -2.12. The molecule has 0 bridgehead atoms. The van der Waals surface area contributed by atoms with Crippen LogP contribution in [0.3, 0.4) is 0 Å². The maximum atomic E-state index is 12.7. The van der Waals surface area contributed by atoms with Gasteiger partial charge in [-0.1, -0.05) is 0 Å². The van der Waals surface area contributed by atoms with Gasteiger partial charge in [-0.25, -0.2) is 15.0 Å². The van der Waals surface area contributed by atoms with E-state index in [2.05, 4.69) is 20.3 Å². The standard InChI is InChI=1S/C10H9F3N4S2/c1-5-4-18-9(15-5)19-7-3-6(14-2)16-8(17-7)10(11,12)13/h3-4H,1-2H3,(H,14,16,17). The van der Waals surface area contributed by atoms with Crippen LogP contribution in [0.1, 0.15) is 11.5 Å². The predicted octanol–water partition coefficient (Wildman–Crippen LogP) is 3.45. The van der Waals surface area contributed by atoms with Crippen molar-refractivity contribution in [1.82, 2.24) is 15.0 Å². The SMILES string of the molecule is CNc1cc(Sc2nc(C)cs2)nc(C(F)(F)F)n1. The van der Waals surface area contributed by atoms with E-state index in [0.29, 0.717) is 4.34 Å². The van der Waals surface area contributed by atoms with Gasteiger partial charge in [0, 0.05) is 24.2 Å². The van der Waals surface area contributed by atoms with E-state index in [0.717, 1.165) is 17.5 Å². The van der Waals surface area contributed by atoms with Crippen LogP contribution in [0.25, 0.3) is 0 Å². The summed E-state index contributed by atoms with van der Waals surface area (Å²) in [6.07, 6.45) is -4.57. The molecule has 2 aromatic rings. The number of aryl methyl sites for hydroxylation is 1. The summed E-state index contributed by atoms with van der Waals surface area (Å²) < 4.78 is 38.6. The Kier molecular flexibility index (Phi) is 3.95. The summed E-state index contributed by atoms with van der Waals surface area (Å²) in [5, 5.41) is 4.63. The summed E-state index contributed by atoms with van der Waals surface area (Å²) in [6, 6.07) is 1.46. The van der Waals surface area contributed by atoms with E-state index < -0.39 is 12.0 Å². The Bertz CT molecular complexity index is 582. The molecule has 0 radical (unpaired) electrons. The van der Waals surface area contributed by atoms with Crippen LogP contribution < -0.4 is 5.32 Å². The molecule has 0 amide bonds. The number of alkyl halides is 3. The minimum absolute atomic E-state index is 0.123. The van der Waals surface area contributed by atoms with Crippen LogP contribution >= 0.6 is 23.1 Å². The Morgan fingerprint density at radius 1 is 1.26 bits per heavy atom. The van der Waals surface area contributed by atoms with Gasteiger partial charge in [0.05, 0.1) is 0 Å². The van der Waals surface area contributed by atoms with Crippen molar-refractivity contribution in [1.29, 1.82) is 0 Å². The molecule has 0 aromatic carbocycles. The van der Waals surface area contributed by atoms with Crippen LogP contribution in [0, 0.1) is 6.92 Å². The van der Waals surface area contributed by atoms with E-state index in [-0.39, 0.29) is 10.8 Å². The monoisotopic (exact) mass is 306 g/mol. The topological polar surface area (TPSA) is 50.7 Å². The van der Waals surface area contributed by atoms with Crippen LogP contribution in [0.2, 0.25) is 0 Å². The average molecular weight is 306 g/mol. The highest BCUT2D eigenvalue weighted by Gasteiger charge is 2.35. The first kappa shape index (κ1) is 14.1. The number of nitrogens with zero attached hydrogens (tertiary/aromatic N) is 3. The van der Waals surface area contributed by atoms with E-state index in [9.17, 15) is 13.2 Å². The Balaban J connectivity index is 2.34. The summed E-state index contributed by atoms with van der Waals surface area (Å²) in [6.45, 7) is 1.82. The van der Waals surface area contributed by atoms with Gasteiger partial charge in [0.1, 0.15) is 10.8 Å². The van der Waals surface area contributed by atoms with Gasteiger partial charge in [-0.3, -0.25) is 0 Å². The van der Waals surface area contributed by atoms with Crippen LogP contribution in [0.4, 0.5) is 19.0 Å². The highest BCUT2D eigenvalue weighted by molar-refractivity contribution is 8.01. The van der Waals surface area contributed by atoms with Crippen molar-refractivity contribution < 1.29 is 13.2 Å². The van der Waals surface area contributed by atoms with Crippen LogP contribution in [0.5, 0.6) is 0 Å². The minimum atomic E-state index is -4.57. The third-order valence-electron chi connectivity index (χ3n) is 2.00. The minimum Gasteiger partial charge on any atom is -0.373 e. The number of anilines is 1. The quantitative estimate of drug-likeness (QED) is 0.880. The van der Waals surface area contributed by atoms with Crippen molar-refractivity contribution in [2.45, 2.75) is 22.5 Å². The molecule has 0 aliphatic carbocycles. The molecule has 0 saturated heterocycles. The highest BCUT2D eigenvalue weighted by Crippen LogP contribution is 2.33. The van der Waals surface area contributed by atoms with E-state index >= 15 is 0 Å². The van der Waals surface area contributed by atoms with E-state index in [1.54, 1.807) is 0 Å². The Morgan fingerprint density at radius 3 is 2.53 bits per heavy atom. The molecule has 102 valence electrons. The molecule has 2 heterocycles. The van der Waals surface area contributed by atoms with Crippen molar-refractivity contribution >= 4 is 28.9 Å². The van der Waals surface area contributed by atoms with Gasteiger partial charge in [0.15, 0.2) is 4.34 Å². The lowest BCUT2D eigenvalue weighted by molar-refractivity contribution is -0.145. The van der Waals surface area contributed by atoms with E-state index in [1.165, 1.54) is 24.5 Å². The van der Waals surface area contributed by atoms with Crippen molar-refractivity contribution in [3.8, 4) is 0 Å². The number of rotatable bonds is 3. The molecule has 2 aromatic heterocycles. The van der Waals surface area contributed by atoms with Gasteiger partial charge in [-0.05, 0) is 18.7 Å². The number of thiazole rings is 1. The molecule has 2 rings (SSSR count). The number of halogens is 3. The fraction of sp³-hybridized carbons (Fsp3) is 0.300. The summed E-state index contributed by atoms with van der Waals surface area (Å²) >= 11 is 2.45. The van der Waals surface area contributed by atoms with Gasteiger partial charge >= 0.3 is 6.18 Å². The lowest BCUT2D eigenvalue weighted by Gasteiger charge is -2.08. The molecule has 9 heteroatoms. The number of aromatic nitrogens is 3. The molecule has 1 N–H and O–H groups in total. The zero-order valence-corrected chi connectivity index (χ0v) is 11.6. The molecular weight excluding hydrogens is 297 g/mol. The largest absolute Gasteiger partial charge is 0.451 e. The molecule has 0 aliphatic heterocycles. The lowest BCUT2D eigenvalue weighted by atomic mass is 10.5. The Hall–Kier alpha value is -1.35. The smallest absolute Gasteiger partial charge is 0.373 e. The van der Waals surface area contributed by atoms with E-state index in [4.69, 9.17) is 0 Å². The van der Waals surface area contributed by atoms with Crippen molar-refractivity contribution in [3.63, 3.8) is 0 Å². The number of hydrogen-bond donors (Lipinski definition) is 1. The fourth-order valence-corrected chi connectivity index (χ4v) is 2.99. The van der Waals surface area contributed by atoms with Crippen molar-refractivity contribution in [2.75, 3.05) is 12.4 Å². The molecule has 4 nitrogen and oxygen atoms in total. The molecule has 0 unspecified atom stereocenters. The molecule has 0 spiro atoms. The fourth-order valence-electron chi connectivity index (χ4n) is 1.20. The van der Waals surface area contributed by atoms with Crippen LogP contribution in [-0.4, -0.2) is 22.0 Å². The van der Waals surface area contributed by atoms with Crippen molar-refractivity contribution in [3.05, 3.63) is 23.0 Å². The summed E-state index contributed by atoms with van der Waals surface area (Å²) in [5.41, 5.74) is 0.825. The normalized spacial score (nSPS) is 11.6. The average Bonchev–Trinajstić information content (AvgIpc) is 2.73. The molecule has 0 fully saturated rings. The molecular formula is C10H9F3N4S2. The van der Waals surface area contributed by atoms with Gasteiger partial charge in [-0.2, -0.15) is 13.2 Å². The van der Waals surface area contributed by atoms with Gasteiger partial charge < -0.3 is 5.32 Å². The summed E-state index contributed by atoms with van der Waals surface area (Å²) in [7, 11) is 1.50. The zero-order valence-electron chi connectivity index (χ0n) is 9.95. The molecule has 0 saturated carbocycles. The predicted molar refractivity (Wildman–Crippen MR) is 67.6 cm³/mol. The van der Waals surface area contributed by atoms with Gasteiger partial charge in [0.2, 0.25) is 5.82 Å². The second-order valence-corrected chi connectivity index (χ2v) is 5.65. The summed E-state index contributed by atoms with van der Waals surface area (Å²) in [4.78, 5) is 11.1. The second kappa shape index (κ2) is 5.33. The third kappa shape index (κ3) is 3.57. The van der Waals surface area contributed by atoms with Gasteiger partial charge in [-0.15, -0.1) is 11.3 Å². The van der Waals surface area contributed by atoms with Crippen LogP contribution in [-0.2, 0) is 6.18 Å². The molecule has 0 atom stereocenters. The van der Waals surface area contributed by atoms with Crippen LogP contribution in [0.15, 0.2) is 20.8 Å². The Labute approximate surface area is 115 Å². The molecule has 0 aliphatic rings. The number of nitrogens with one attached hydrogen (secondary N) is 1.